The van der Waals surface area contributed by atoms with Gasteiger partial charge in [-0.3, -0.25) is 14.4 Å². The zero-order valence-corrected chi connectivity index (χ0v) is 25.6. The van der Waals surface area contributed by atoms with Gasteiger partial charge in [0.05, 0.1) is 12.6 Å². The van der Waals surface area contributed by atoms with Gasteiger partial charge < -0.3 is 15.5 Å². The van der Waals surface area contributed by atoms with Crippen molar-refractivity contribution < 1.29 is 23.2 Å². The number of nitrogens with zero attached hydrogens (tertiary/aromatic N) is 6. The van der Waals surface area contributed by atoms with Gasteiger partial charge in [0.25, 0.3) is 5.91 Å². The number of benzene rings is 1. The van der Waals surface area contributed by atoms with Crippen LogP contribution in [0.2, 0.25) is 0 Å². The Morgan fingerprint density at radius 3 is 2.49 bits per heavy atom. The molecule has 0 bridgehead atoms. The van der Waals surface area contributed by atoms with Gasteiger partial charge in [-0.05, 0) is 43.8 Å². The minimum Gasteiger partial charge on any atom is -0.344 e. The van der Waals surface area contributed by atoms with Crippen LogP contribution in [0.5, 0.6) is 0 Å². The fourth-order valence-electron chi connectivity index (χ4n) is 4.93. The van der Waals surface area contributed by atoms with E-state index in [0.29, 0.717) is 34.9 Å². The molecule has 1 aliphatic heterocycles. The van der Waals surface area contributed by atoms with Gasteiger partial charge in [0.15, 0.2) is 17.3 Å². The maximum atomic E-state index is 13.5. The minimum atomic E-state index is -2.87. The summed E-state index contributed by atoms with van der Waals surface area (Å²) in [5, 5.41) is 14.6. The molecule has 0 fully saturated rings. The van der Waals surface area contributed by atoms with E-state index in [1.54, 1.807) is 16.4 Å². The number of aromatic nitrogens is 5. The van der Waals surface area contributed by atoms with Crippen LogP contribution in [-0.2, 0) is 16.1 Å². The molecular formula is C29H38F2N8O3S. The Kier molecular flexibility index (Phi) is 10.9. The lowest BCUT2D eigenvalue weighted by molar-refractivity contribution is -0.129. The van der Waals surface area contributed by atoms with Gasteiger partial charge in [-0.2, -0.15) is 30.7 Å². The van der Waals surface area contributed by atoms with Crippen LogP contribution >= 0.6 is 11.8 Å². The van der Waals surface area contributed by atoms with Crippen LogP contribution in [0.15, 0.2) is 36.4 Å². The number of carbonyl (C=O) groups excluding carboxylic acids is 3. The van der Waals surface area contributed by atoms with Gasteiger partial charge in [-0.25, -0.2) is 14.3 Å². The van der Waals surface area contributed by atoms with Gasteiger partial charge in [0.2, 0.25) is 11.8 Å². The third-order valence-corrected chi connectivity index (χ3v) is 7.91. The third-order valence-electron chi connectivity index (χ3n) is 7.26. The molecule has 2 aromatic heterocycles. The van der Waals surface area contributed by atoms with Crippen LogP contribution in [0, 0.1) is 12.8 Å². The van der Waals surface area contributed by atoms with Crippen LogP contribution in [0.25, 0.3) is 11.4 Å². The molecule has 0 aliphatic carbocycles. The molecule has 0 spiro atoms. The van der Waals surface area contributed by atoms with E-state index in [1.807, 2.05) is 50.4 Å². The Morgan fingerprint density at radius 1 is 1.09 bits per heavy atom. The van der Waals surface area contributed by atoms with E-state index in [1.165, 1.54) is 17.9 Å². The normalized spacial score (nSPS) is 18.7. The molecule has 4 rings (SSSR count). The molecule has 1 aromatic carbocycles. The van der Waals surface area contributed by atoms with Gasteiger partial charge in [-0.1, -0.05) is 44.2 Å². The average Bonchev–Trinajstić information content (AvgIpc) is 3.59. The molecule has 14 heteroatoms. The molecule has 0 unspecified atom stereocenters. The Hall–Kier alpha value is -3.81. The molecule has 3 aromatic rings. The predicted molar refractivity (Wildman–Crippen MR) is 159 cm³/mol. The molecule has 232 valence electrons. The van der Waals surface area contributed by atoms with Gasteiger partial charge in [-0.15, -0.1) is 0 Å². The van der Waals surface area contributed by atoms with E-state index in [-0.39, 0.29) is 55.2 Å². The fourth-order valence-corrected chi connectivity index (χ4v) is 5.40. The van der Waals surface area contributed by atoms with Crippen molar-refractivity contribution >= 4 is 29.5 Å². The standard InChI is InChI=1S/C29H38F2N8O3S/c1-18(2)24-26-34-25(20-9-6-5-7-10-20)36-38(26)15-14-37(28(42)22-17-19(3)39(35-22)29(30)31)13-8-11-23(40)32-21(12-16-43-4)27(41)33-24/h5-7,9-10,17-18,21,24,29H,8,11-16H2,1-4H3,(H,32,40)(H,33,41)/t21-,24+/m0/s1. The van der Waals surface area contributed by atoms with E-state index in [2.05, 4.69) is 15.7 Å². The molecule has 3 heterocycles. The molecule has 2 N–H and O–H groups in total. The number of thioether (sulfide) groups is 1. The van der Waals surface area contributed by atoms with Crippen molar-refractivity contribution in [2.75, 3.05) is 25.1 Å². The third kappa shape index (κ3) is 7.98. The highest BCUT2D eigenvalue weighted by Gasteiger charge is 2.30. The second-order valence-electron chi connectivity index (χ2n) is 10.8. The lowest BCUT2D eigenvalue weighted by atomic mass is 10.0. The van der Waals surface area contributed by atoms with Crippen molar-refractivity contribution in [2.45, 2.75) is 65.2 Å². The molecule has 11 nitrogen and oxygen atoms in total. The smallest absolute Gasteiger partial charge is 0.333 e. The van der Waals surface area contributed by atoms with Crippen LogP contribution in [0.3, 0.4) is 0 Å². The summed E-state index contributed by atoms with van der Waals surface area (Å²) in [6, 6.07) is 9.49. The first kappa shape index (κ1) is 32.1. The van der Waals surface area contributed by atoms with E-state index in [0.717, 1.165) is 5.56 Å². The van der Waals surface area contributed by atoms with Gasteiger partial charge in [0.1, 0.15) is 6.04 Å². The van der Waals surface area contributed by atoms with Crippen molar-refractivity contribution in [1.82, 2.24) is 40.1 Å². The lowest BCUT2D eigenvalue weighted by Gasteiger charge is -2.27. The van der Waals surface area contributed by atoms with E-state index in [9.17, 15) is 23.2 Å². The first-order valence-corrected chi connectivity index (χ1v) is 15.7. The average molecular weight is 617 g/mol. The molecule has 1 aliphatic rings. The Morgan fingerprint density at radius 2 is 1.84 bits per heavy atom. The molecular weight excluding hydrogens is 578 g/mol. The minimum absolute atomic E-state index is 0.0810. The highest BCUT2D eigenvalue weighted by atomic mass is 32.2. The second kappa shape index (κ2) is 14.6. The summed E-state index contributed by atoms with van der Waals surface area (Å²) in [6.45, 7) is 3.06. The summed E-state index contributed by atoms with van der Waals surface area (Å²) in [4.78, 5) is 46.3. The SMILES string of the molecule is CSCC[C@@H]1NC(=O)CCCN(C(=O)c2cc(C)n(C(F)F)n2)CCn2nc(-c3ccccc3)nc2[C@@H](C(C)C)NC1=O. The van der Waals surface area contributed by atoms with E-state index >= 15 is 0 Å². The first-order valence-electron chi connectivity index (χ1n) is 14.3. The largest absolute Gasteiger partial charge is 0.344 e. The maximum absolute atomic E-state index is 13.5. The molecule has 0 saturated heterocycles. The van der Waals surface area contributed by atoms with E-state index < -0.39 is 24.5 Å². The Balaban J connectivity index is 1.73. The van der Waals surface area contributed by atoms with Crippen molar-refractivity contribution in [3.63, 3.8) is 0 Å². The molecule has 43 heavy (non-hydrogen) atoms. The number of amides is 3. The maximum Gasteiger partial charge on any atom is 0.333 e. The van der Waals surface area contributed by atoms with Crippen molar-refractivity contribution in [2.24, 2.45) is 5.92 Å². The summed E-state index contributed by atoms with van der Waals surface area (Å²) >= 11 is 1.58. The number of halogens is 2. The predicted octanol–water partition coefficient (Wildman–Crippen LogP) is 3.83. The highest BCUT2D eigenvalue weighted by molar-refractivity contribution is 7.98. The summed E-state index contributed by atoms with van der Waals surface area (Å²) in [5.41, 5.74) is 0.856. The Bertz CT molecular complexity index is 1410. The molecule has 2 atom stereocenters. The number of hydrogen-bond donors (Lipinski definition) is 2. The highest BCUT2D eigenvalue weighted by Crippen LogP contribution is 2.25. The topological polar surface area (TPSA) is 127 Å². The summed E-state index contributed by atoms with van der Waals surface area (Å²) < 4.78 is 29.0. The van der Waals surface area contributed by atoms with Crippen LogP contribution in [0.4, 0.5) is 8.78 Å². The fraction of sp³-hybridized carbons (Fsp3) is 0.517. The van der Waals surface area contributed by atoms with Crippen LogP contribution in [0.1, 0.15) is 67.7 Å². The lowest BCUT2D eigenvalue weighted by Crippen LogP contribution is -2.49. The van der Waals surface area contributed by atoms with Gasteiger partial charge in [0, 0.05) is 30.8 Å². The number of hydrogen-bond acceptors (Lipinski definition) is 7. The first-order chi connectivity index (χ1) is 20.6. The zero-order valence-electron chi connectivity index (χ0n) is 24.8. The summed E-state index contributed by atoms with van der Waals surface area (Å²) in [6.07, 6.45) is 2.77. The summed E-state index contributed by atoms with van der Waals surface area (Å²) in [7, 11) is 0. The van der Waals surface area contributed by atoms with E-state index in [4.69, 9.17) is 10.1 Å². The monoisotopic (exact) mass is 616 g/mol. The quantitative estimate of drug-likeness (QED) is 0.413. The summed E-state index contributed by atoms with van der Waals surface area (Å²) in [5.74, 6) is 0.447. The number of rotatable bonds is 7. The second-order valence-corrected chi connectivity index (χ2v) is 11.8. The van der Waals surface area contributed by atoms with Gasteiger partial charge >= 0.3 is 6.55 Å². The zero-order chi connectivity index (χ0) is 31.1. The van der Waals surface area contributed by atoms with Crippen LogP contribution < -0.4 is 10.6 Å². The number of aryl methyl sites for hydroxylation is 1. The number of nitrogens with one attached hydrogen (secondary N) is 2. The van der Waals surface area contributed by atoms with Crippen molar-refractivity contribution in [1.29, 1.82) is 0 Å². The molecule has 3 amide bonds. The van der Waals surface area contributed by atoms with Crippen molar-refractivity contribution in [3.05, 3.63) is 53.6 Å². The number of carbonyl (C=O) groups is 3. The van der Waals surface area contributed by atoms with Crippen molar-refractivity contribution in [3.8, 4) is 11.4 Å². The number of alkyl halides is 2. The molecule has 0 saturated carbocycles. The van der Waals surface area contributed by atoms with Crippen LogP contribution in [-0.4, -0.2) is 78.3 Å². The number of fused-ring (bicyclic) bond motifs is 1. The Labute approximate surface area is 253 Å². The molecule has 0 radical (unpaired) electrons.